The molecule has 1 rings (SSSR count). The van der Waals surface area contributed by atoms with Gasteiger partial charge in [-0.15, -0.1) is 0 Å². The highest BCUT2D eigenvalue weighted by molar-refractivity contribution is 6.74. The van der Waals surface area contributed by atoms with Gasteiger partial charge in [-0.3, -0.25) is 4.90 Å². The van der Waals surface area contributed by atoms with Gasteiger partial charge in [0, 0.05) is 20.1 Å². The largest absolute Gasteiger partial charge is 0.413 e. The lowest BCUT2D eigenvalue weighted by atomic mass is 10.2. The van der Waals surface area contributed by atoms with Crippen molar-refractivity contribution in [3.05, 3.63) is 7.05 Å². The maximum atomic E-state index is 6.29. The quantitative estimate of drug-likeness (QED) is 0.655. The number of rotatable bonds is 2. The first-order valence-corrected chi connectivity index (χ1v) is 8.36. The van der Waals surface area contributed by atoms with E-state index in [1.165, 1.54) is 0 Å². The zero-order chi connectivity index (χ0) is 11.0. The number of likely N-dealkylation sites (tertiary alicyclic amines) is 1. The van der Waals surface area contributed by atoms with Crippen LogP contribution in [0.15, 0.2) is 0 Å². The molecule has 1 saturated heterocycles. The van der Waals surface area contributed by atoms with E-state index in [0.29, 0.717) is 11.1 Å². The van der Waals surface area contributed by atoms with Crippen LogP contribution in [0.3, 0.4) is 0 Å². The molecule has 0 aliphatic carbocycles. The predicted molar refractivity (Wildman–Crippen MR) is 63.6 cm³/mol. The Balaban J connectivity index is 2.51. The molecule has 1 radical (unpaired) electrons. The SMILES string of the molecule is [CH2]N1CC[C@@H](O[Si](C)(C)C(C)(C)C)C1. The topological polar surface area (TPSA) is 12.5 Å². The fourth-order valence-electron chi connectivity index (χ4n) is 1.49. The van der Waals surface area contributed by atoms with Crippen LogP contribution in [0, 0.1) is 7.05 Å². The van der Waals surface area contributed by atoms with Gasteiger partial charge in [-0.25, -0.2) is 0 Å². The molecule has 0 saturated carbocycles. The molecule has 0 aromatic rings. The molecule has 0 amide bonds. The van der Waals surface area contributed by atoms with Crippen LogP contribution in [-0.2, 0) is 4.43 Å². The van der Waals surface area contributed by atoms with Crippen LogP contribution in [0.2, 0.25) is 18.1 Å². The summed E-state index contributed by atoms with van der Waals surface area (Å²) < 4.78 is 6.29. The minimum absolute atomic E-state index is 0.321. The highest BCUT2D eigenvalue weighted by Gasteiger charge is 2.40. The summed E-state index contributed by atoms with van der Waals surface area (Å²) in [5, 5.41) is 0.321. The van der Waals surface area contributed by atoms with Crippen LogP contribution in [0.5, 0.6) is 0 Å². The summed E-state index contributed by atoms with van der Waals surface area (Å²) in [6.07, 6.45) is 1.57. The van der Waals surface area contributed by atoms with Crippen LogP contribution < -0.4 is 0 Å². The van der Waals surface area contributed by atoms with Crippen molar-refractivity contribution in [3.63, 3.8) is 0 Å². The molecule has 1 aliphatic rings. The fraction of sp³-hybridized carbons (Fsp3) is 0.909. The Kier molecular flexibility index (Phi) is 3.44. The Labute approximate surface area is 89.8 Å². The Bertz CT molecular complexity index is 198. The van der Waals surface area contributed by atoms with E-state index in [1.54, 1.807) is 0 Å². The van der Waals surface area contributed by atoms with E-state index in [4.69, 9.17) is 4.43 Å². The van der Waals surface area contributed by atoms with E-state index in [-0.39, 0.29) is 0 Å². The number of nitrogens with zero attached hydrogens (tertiary/aromatic N) is 1. The van der Waals surface area contributed by atoms with Crippen LogP contribution in [0.25, 0.3) is 0 Å². The van der Waals surface area contributed by atoms with Crippen molar-refractivity contribution in [1.82, 2.24) is 4.90 Å². The highest BCUT2D eigenvalue weighted by atomic mass is 28.4. The van der Waals surface area contributed by atoms with Crippen molar-refractivity contribution < 1.29 is 4.43 Å². The molecule has 1 heterocycles. The summed E-state index contributed by atoms with van der Waals surface area (Å²) in [5.41, 5.74) is 0. The van der Waals surface area contributed by atoms with E-state index >= 15 is 0 Å². The van der Waals surface area contributed by atoms with Gasteiger partial charge in [0.2, 0.25) is 0 Å². The average Bonchev–Trinajstić information content (AvgIpc) is 2.31. The van der Waals surface area contributed by atoms with Gasteiger partial charge in [-0.2, -0.15) is 0 Å². The van der Waals surface area contributed by atoms with E-state index in [9.17, 15) is 0 Å². The first-order chi connectivity index (χ1) is 6.22. The second-order valence-corrected chi connectivity index (χ2v) is 10.6. The maximum Gasteiger partial charge on any atom is 0.192 e. The molecule has 0 bridgehead atoms. The lowest BCUT2D eigenvalue weighted by Crippen LogP contribution is -2.44. The van der Waals surface area contributed by atoms with Crippen LogP contribution in [-0.4, -0.2) is 32.4 Å². The fourth-order valence-corrected chi connectivity index (χ4v) is 2.87. The van der Waals surface area contributed by atoms with Gasteiger partial charge >= 0.3 is 0 Å². The summed E-state index contributed by atoms with van der Waals surface area (Å²) in [6.45, 7) is 13.6. The molecule has 2 nitrogen and oxygen atoms in total. The van der Waals surface area contributed by atoms with Gasteiger partial charge in [-0.05, 0) is 24.6 Å². The van der Waals surface area contributed by atoms with Crippen LogP contribution in [0.4, 0.5) is 0 Å². The molecule has 0 N–H and O–H groups in total. The summed E-state index contributed by atoms with van der Waals surface area (Å²) >= 11 is 0. The van der Waals surface area contributed by atoms with Crippen molar-refractivity contribution in [2.24, 2.45) is 0 Å². The summed E-state index contributed by atoms with van der Waals surface area (Å²) in [4.78, 5) is 2.11. The van der Waals surface area contributed by atoms with Crippen molar-refractivity contribution in [2.75, 3.05) is 13.1 Å². The molecule has 0 aromatic carbocycles. The monoisotopic (exact) mass is 214 g/mol. The van der Waals surface area contributed by atoms with E-state index < -0.39 is 8.32 Å². The highest BCUT2D eigenvalue weighted by Crippen LogP contribution is 2.38. The molecule has 1 aliphatic heterocycles. The van der Waals surface area contributed by atoms with Crippen molar-refractivity contribution >= 4 is 8.32 Å². The van der Waals surface area contributed by atoms with Crippen molar-refractivity contribution in [2.45, 2.75) is 51.4 Å². The second kappa shape index (κ2) is 3.95. The Morgan fingerprint density at radius 2 is 1.93 bits per heavy atom. The van der Waals surface area contributed by atoms with Crippen LogP contribution in [0.1, 0.15) is 27.2 Å². The smallest absolute Gasteiger partial charge is 0.192 e. The maximum absolute atomic E-state index is 6.29. The molecular formula is C11H24NOSi. The number of hydrogen-bond acceptors (Lipinski definition) is 2. The molecule has 14 heavy (non-hydrogen) atoms. The third-order valence-electron chi connectivity index (χ3n) is 3.50. The Hall–Kier alpha value is 0.137. The summed E-state index contributed by atoms with van der Waals surface area (Å²) in [6, 6.07) is 0. The first-order valence-electron chi connectivity index (χ1n) is 5.46. The van der Waals surface area contributed by atoms with Gasteiger partial charge in [0.15, 0.2) is 8.32 Å². The van der Waals surface area contributed by atoms with E-state index in [0.717, 1.165) is 19.5 Å². The molecule has 0 spiro atoms. The zero-order valence-electron chi connectivity index (χ0n) is 10.3. The lowest BCUT2D eigenvalue weighted by Gasteiger charge is -2.38. The molecular weight excluding hydrogens is 190 g/mol. The minimum Gasteiger partial charge on any atom is -0.413 e. The van der Waals surface area contributed by atoms with Crippen molar-refractivity contribution in [3.8, 4) is 0 Å². The van der Waals surface area contributed by atoms with Gasteiger partial charge in [0.05, 0.1) is 6.10 Å². The molecule has 1 fully saturated rings. The van der Waals surface area contributed by atoms with E-state index in [1.807, 2.05) is 0 Å². The molecule has 0 unspecified atom stereocenters. The Morgan fingerprint density at radius 3 is 2.29 bits per heavy atom. The van der Waals surface area contributed by atoms with Gasteiger partial charge in [-0.1, -0.05) is 20.8 Å². The zero-order valence-corrected chi connectivity index (χ0v) is 11.3. The molecule has 1 atom stereocenters. The first kappa shape index (κ1) is 12.2. The standard InChI is InChI=1S/C11H24NOSi/c1-11(2,3)14(5,6)13-10-7-8-12(4)9-10/h10H,4,7-9H2,1-3,5-6H3/t10-/m1/s1. The predicted octanol–water partition coefficient (Wildman–Crippen LogP) is 2.87. The van der Waals surface area contributed by atoms with Crippen LogP contribution >= 0.6 is 0 Å². The summed E-state index contributed by atoms with van der Waals surface area (Å²) in [5.74, 6) is 0. The normalized spacial score (nSPS) is 25.7. The molecule has 0 aromatic heterocycles. The van der Waals surface area contributed by atoms with Gasteiger partial charge < -0.3 is 4.43 Å². The third-order valence-corrected chi connectivity index (χ3v) is 8.03. The molecule has 83 valence electrons. The second-order valence-electron chi connectivity index (χ2n) is 5.87. The summed E-state index contributed by atoms with van der Waals surface area (Å²) in [7, 11) is 2.39. The molecule has 3 heteroatoms. The number of hydrogen-bond donors (Lipinski definition) is 0. The lowest BCUT2D eigenvalue weighted by molar-refractivity contribution is 0.190. The third kappa shape index (κ3) is 2.81. The van der Waals surface area contributed by atoms with Gasteiger partial charge in [0.25, 0.3) is 0 Å². The Morgan fingerprint density at radius 1 is 1.36 bits per heavy atom. The van der Waals surface area contributed by atoms with Gasteiger partial charge in [0.1, 0.15) is 0 Å². The van der Waals surface area contributed by atoms with E-state index in [2.05, 4.69) is 45.8 Å². The minimum atomic E-state index is -1.55. The van der Waals surface area contributed by atoms with Crippen molar-refractivity contribution in [1.29, 1.82) is 0 Å². The average molecular weight is 214 g/mol.